The molecule has 0 radical (unpaired) electrons. The van der Waals surface area contributed by atoms with E-state index in [0.29, 0.717) is 18.8 Å². The molecule has 0 saturated carbocycles. The molecule has 1 aliphatic rings. The second kappa shape index (κ2) is 4.28. The van der Waals surface area contributed by atoms with Gasteiger partial charge in [0.1, 0.15) is 11.3 Å². The molecular formula is C10H7Cl2N3O. The van der Waals surface area contributed by atoms with Crippen LogP contribution in [0.25, 0.3) is 0 Å². The van der Waals surface area contributed by atoms with Crippen molar-refractivity contribution >= 4 is 34.9 Å². The van der Waals surface area contributed by atoms with Crippen molar-refractivity contribution in [1.29, 1.82) is 0 Å². The van der Waals surface area contributed by atoms with Crippen LogP contribution in [0.15, 0.2) is 6.33 Å². The monoisotopic (exact) mass is 255 g/mol. The van der Waals surface area contributed by atoms with Crippen LogP contribution in [-0.2, 0) is 4.79 Å². The van der Waals surface area contributed by atoms with Crippen molar-refractivity contribution in [3.05, 3.63) is 16.5 Å². The number of anilines is 1. The number of carbonyl (C=O) groups is 1. The van der Waals surface area contributed by atoms with Crippen LogP contribution in [0.4, 0.5) is 5.82 Å². The molecule has 0 N–H and O–H groups in total. The fourth-order valence-electron chi connectivity index (χ4n) is 1.55. The number of rotatable bonds is 1. The van der Waals surface area contributed by atoms with Gasteiger partial charge in [-0.1, -0.05) is 23.2 Å². The van der Waals surface area contributed by atoms with E-state index in [-0.39, 0.29) is 22.0 Å². The lowest BCUT2D eigenvalue weighted by Gasteiger charge is -2.15. The fraction of sp³-hybridized carbons (Fsp3) is 0.300. The molecule has 6 heteroatoms. The average molecular weight is 256 g/mol. The first kappa shape index (κ1) is 11.2. The van der Waals surface area contributed by atoms with Crippen LogP contribution in [0.2, 0.25) is 10.2 Å². The number of aromatic nitrogens is 2. The maximum Gasteiger partial charge on any atom is 0.229 e. The SMILES string of the molecule is C#CC1CC(=O)N(c2ncnc(Cl)c2Cl)C1. The Labute approximate surface area is 103 Å². The van der Waals surface area contributed by atoms with Crippen LogP contribution in [-0.4, -0.2) is 22.4 Å². The fourth-order valence-corrected chi connectivity index (χ4v) is 1.88. The van der Waals surface area contributed by atoms with Crippen LogP contribution in [0, 0.1) is 18.3 Å². The molecule has 0 aromatic carbocycles. The summed E-state index contributed by atoms with van der Waals surface area (Å²) in [7, 11) is 0. The van der Waals surface area contributed by atoms with Gasteiger partial charge < -0.3 is 0 Å². The number of carbonyl (C=O) groups excluding carboxylic acids is 1. The van der Waals surface area contributed by atoms with Gasteiger partial charge in [-0.2, -0.15) is 0 Å². The Morgan fingerprint density at radius 2 is 2.25 bits per heavy atom. The highest BCUT2D eigenvalue weighted by Crippen LogP contribution is 2.32. The first-order chi connectivity index (χ1) is 7.63. The minimum atomic E-state index is -0.0997. The molecule has 1 aromatic heterocycles. The Morgan fingerprint density at radius 3 is 2.88 bits per heavy atom. The third-order valence-electron chi connectivity index (χ3n) is 2.34. The summed E-state index contributed by atoms with van der Waals surface area (Å²) in [5.41, 5.74) is 0. The standard InChI is InChI=1S/C10H7Cl2N3O/c1-2-6-3-7(16)15(4-6)10-8(11)9(12)13-5-14-10/h1,5-6H,3-4H2. The molecule has 1 aliphatic heterocycles. The first-order valence-corrected chi connectivity index (χ1v) is 5.31. The molecule has 1 aromatic rings. The van der Waals surface area contributed by atoms with Gasteiger partial charge in [0.15, 0.2) is 11.0 Å². The highest BCUT2D eigenvalue weighted by molar-refractivity contribution is 6.43. The van der Waals surface area contributed by atoms with E-state index in [0.717, 1.165) is 0 Å². The predicted octanol–water partition coefficient (Wildman–Crippen LogP) is 1.77. The largest absolute Gasteiger partial charge is 0.294 e. The Hall–Kier alpha value is -1.31. The maximum absolute atomic E-state index is 11.7. The van der Waals surface area contributed by atoms with E-state index in [1.807, 2.05) is 0 Å². The van der Waals surface area contributed by atoms with Gasteiger partial charge >= 0.3 is 0 Å². The van der Waals surface area contributed by atoms with E-state index < -0.39 is 0 Å². The van der Waals surface area contributed by atoms with Crippen molar-refractivity contribution in [1.82, 2.24) is 9.97 Å². The highest BCUT2D eigenvalue weighted by atomic mass is 35.5. The van der Waals surface area contributed by atoms with Crippen LogP contribution < -0.4 is 4.90 Å². The molecule has 0 aliphatic carbocycles. The number of halogens is 2. The number of nitrogens with zero attached hydrogens (tertiary/aromatic N) is 3. The molecule has 0 spiro atoms. The molecule has 4 nitrogen and oxygen atoms in total. The Bertz CT molecular complexity index is 483. The summed E-state index contributed by atoms with van der Waals surface area (Å²) < 4.78 is 0. The molecule has 0 bridgehead atoms. The van der Waals surface area contributed by atoms with E-state index >= 15 is 0 Å². The van der Waals surface area contributed by atoms with Crippen molar-refractivity contribution in [2.75, 3.05) is 11.4 Å². The molecule has 2 rings (SSSR count). The summed E-state index contributed by atoms with van der Waals surface area (Å²) in [6.45, 7) is 0.419. The second-order valence-corrected chi connectivity index (χ2v) is 4.11. The summed E-state index contributed by atoms with van der Waals surface area (Å²) >= 11 is 11.7. The number of hydrogen-bond acceptors (Lipinski definition) is 3. The van der Waals surface area contributed by atoms with Gasteiger partial charge in [-0.3, -0.25) is 9.69 Å². The van der Waals surface area contributed by atoms with Gasteiger partial charge in [-0.15, -0.1) is 12.3 Å². The van der Waals surface area contributed by atoms with E-state index in [9.17, 15) is 4.79 Å². The number of hydrogen-bond donors (Lipinski definition) is 0. The molecule has 2 heterocycles. The zero-order valence-corrected chi connectivity index (χ0v) is 9.66. The van der Waals surface area contributed by atoms with Gasteiger partial charge in [-0.05, 0) is 0 Å². The molecule has 1 fully saturated rings. The first-order valence-electron chi connectivity index (χ1n) is 4.56. The Balaban J connectivity index is 2.36. The minimum absolute atomic E-state index is 0.0976. The van der Waals surface area contributed by atoms with Crippen molar-refractivity contribution in [3.8, 4) is 12.3 Å². The Kier molecular flexibility index (Phi) is 2.99. The maximum atomic E-state index is 11.7. The van der Waals surface area contributed by atoms with E-state index in [1.165, 1.54) is 11.2 Å². The Morgan fingerprint density at radius 1 is 1.50 bits per heavy atom. The lowest BCUT2D eigenvalue weighted by Crippen LogP contribution is -2.25. The molecular weight excluding hydrogens is 249 g/mol. The summed E-state index contributed by atoms with van der Waals surface area (Å²) in [5.74, 6) is 2.67. The van der Waals surface area contributed by atoms with E-state index in [2.05, 4.69) is 15.9 Å². The molecule has 1 atom stereocenters. The van der Waals surface area contributed by atoms with Crippen LogP contribution in [0.1, 0.15) is 6.42 Å². The zero-order chi connectivity index (χ0) is 11.7. The van der Waals surface area contributed by atoms with E-state index in [4.69, 9.17) is 29.6 Å². The molecule has 82 valence electrons. The van der Waals surface area contributed by atoms with Gasteiger partial charge in [0, 0.05) is 18.9 Å². The zero-order valence-electron chi connectivity index (χ0n) is 8.15. The number of amides is 1. The van der Waals surface area contributed by atoms with Gasteiger partial charge in [0.25, 0.3) is 0 Å². The van der Waals surface area contributed by atoms with Crippen molar-refractivity contribution in [3.63, 3.8) is 0 Å². The van der Waals surface area contributed by atoms with Gasteiger partial charge in [0.05, 0.1) is 0 Å². The molecule has 1 saturated heterocycles. The summed E-state index contributed by atoms with van der Waals surface area (Å²) in [5, 5.41) is 0.304. The molecule has 1 unspecified atom stereocenters. The minimum Gasteiger partial charge on any atom is -0.294 e. The molecule has 16 heavy (non-hydrogen) atoms. The van der Waals surface area contributed by atoms with Crippen LogP contribution in [0.3, 0.4) is 0 Å². The summed E-state index contributed by atoms with van der Waals surface area (Å²) in [6.07, 6.45) is 6.86. The second-order valence-electron chi connectivity index (χ2n) is 3.37. The predicted molar refractivity (Wildman–Crippen MR) is 61.3 cm³/mol. The van der Waals surface area contributed by atoms with Crippen molar-refractivity contribution < 1.29 is 4.79 Å². The smallest absolute Gasteiger partial charge is 0.229 e. The number of terminal acetylenes is 1. The quantitative estimate of drug-likeness (QED) is 0.568. The lowest BCUT2D eigenvalue weighted by molar-refractivity contribution is -0.117. The molecule has 1 amide bonds. The topological polar surface area (TPSA) is 46.1 Å². The summed E-state index contributed by atoms with van der Waals surface area (Å²) in [6, 6.07) is 0. The van der Waals surface area contributed by atoms with Crippen molar-refractivity contribution in [2.45, 2.75) is 6.42 Å². The van der Waals surface area contributed by atoms with E-state index in [1.54, 1.807) is 0 Å². The lowest BCUT2D eigenvalue weighted by atomic mass is 10.1. The normalized spacial score (nSPS) is 19.9. The third kappa shape index (κ3) is 1.84. The van der Waals surface area contributed by atoms with Gasteiger partial charge in [-0.25, -0.2) is 9.97 Å². The van der Waals surface area contributed by atoms with Crippen LogP contribution >= 0.6 is 23.2 Å². The van der Waals surface area contributed by atoms with Gasteiger partial charge in [0.2, 0.25) is 5.91 Å². The van der Waals surface area contributed by atoms with Crippen LogP contribution in [0.5, 0.6) is 0 Å². The third-order valence-corrected chi connectivity index (χ3v) is 3.08. The average Bonchev–Trinajstić information content (AvgIpc) is 2.64. The highest BCUT2D eigenvalue weighted by Gasteiger charge is 2.32. The van der Waals surface area contributed by atoms with Crippen molar-refractivity contribution in [2.24, 2.45) is 5.92 Å². The summed E-state index contributed by atoms with van der Waals surface area (Å²) in [4.78, 5) is 20.8.